The predicted molar refractivity (Wildman–Crippen MR) is 381 cm³/mol. The van der Waals surface area contributed by atoms with E-state index in [-0.39, 0.29) is 0 Å². The van der Waals surface area contributed by atoms with Crippen LogP contribution in [0.1, 0.15) is 22.3 Å². The predicted octanol–water partition coefficient (Wildman–Crippen LogP) is 22.7. The largest absolute Gasteiger partial charge is 0.309 e. The zero-order valence-corrected chi connectivity index (χ0v) is 50.8. The second-order valence-corrected chi connectivity index (χ2v) is 26.4. The molecular weight excluding hydrogens is 1140 g/mol. The molecular formula is C85H52N4S2. The highest BCUT2D eigenvalue weighted by Crippen LogP contribution is 2.63. The Balaban J connectivity index is 0.762. The van der Waals surface area contributed by atoms with E-state index in [4.69, 9.17) is 0 Å². The zero-order valence-electron chi connectivity index (χ0n) is 49.1. The van der Waals surface area contributed by atoms with Crippen molar-refractivity contribution in [2.24, 2.45) is 0 Å². The fourth-order valence-electron chi connectivity index (χ4n) is 15.9. The summed E-state index contributed by atoms with van der Waals surface area (Å²) in [5.74, 6) is 0. The molecule has 0 unspecified atom stereocenters. The zero-order chi connectivity index (χ0) is 59.5. The van der Waals surface area contributed by atoms with Gasteiger partial charge in [0.05, 0.1) is 60.9 Å². The van der Waals surface area contributed by atoms with Crippen LogP contribution < -0.4 is 0 Å². The van der Waals surface area contributed by atoms with Gasteiger partial charge in [-0.2, -0.15) is 0 Å². The molecule has 0 amide bonds. The van der Waals surface area contributed by atoms with E-state index < -0.39 is 5.41 Å². The first kappa shape index (κ1) is 50.9. The molecule has 6 heterocycles. The van der Waals surface area contributed by atoms with Gasteiger partial charge < -0.3 is 18.3 Å². The molecule has 0 N–H and O–H groups in total. The Labute approximate surface area is 533 Å². The second-order valence-electron chi connectivity index (χ2n) is 24.3. The van der Waals surface area contributed by atoms with Gasteiger partial charge >= 0.3 is 0 Å². The van der Waals surface area contributed by atoms with Gasteiger partial charge in [0.25, 0.3) is 0 Å². The van der Waals surface area contributed by atoms with Crippen LogP contribution in [0.5, 0.6) is 0 Å². The van der Waals surface area contributed by atoms with Crippen LogP contribution in [0.3, 0.4) is 0 Å². The average Bonchev–Trinajstić information content (AvgIpc) is 1.73. The van der Waals surface area contributed by atoms with Crippen molar-refractivity contribution in [2.45, 2.75) is 25.0 Å². The first-order valence-corrected chi connectivity index (χ1v) is 32.9. The molecule has 0 saturated heterocycles. The minimum absolute atomic E-state index is 0.664. The number of hydrogen-bond acceptors (Lipinski definition) is 2. The lowest BCUT2D eigenvalue weighted by molar-refractivity contribution is 0.664. The molecule has 424 valence electrons. The molecule has 91 heavy (non-hydrogen) atoms. The van der Waals surface area contributed by atoms with Crippen molar-refractivity contribution >= 4 is 111 Å². The van der Waals surface area contributed by atoms with Gasteiger partial charge in [-0.25, -0.2) is 0 Å². The van der Waals surface area contributed by atoms with Gasteiger partial charge in [0.15, 0.2) is 0 Å². The summed E-state index contributed by atoms with van der Waals surface area (Å²) in [6, 6.07) is 118. The van der Waals surface area contributed by atoms with Crippen LogP contribution in [0.4, 0.5) is 0 Å². The maximum Gasteiger partial charge on any atom is 0.0746 e. The Morgan fingerprint density at radius 3 is 0.868 bits per heavy atom. The van der Waals surface area contributed by atoms with E-state index >= 15 is 0 Å². The minimum atomic E-state index is -0.664. The van der Waals surface area contributed by atoms with Crippen molar-refractivity contribution in [2.75, 3.05) is 0 Å². The Morgan fingerprint density at radius 1 is 0.209 bits per heavy atom. The number of benzene rings is 14. The monoisotopic (exact) mass is 1190 g/mol. The molecule has 0 radical (unpaired) electrons. The standard InChI is InChI=1S/C85H52N4S2/c1-3-21-57(22-4-1)86-71-33-13-7-25-59(71)63-49-53(41-45-75(63)86)55-43-47-77-65(51-55)61-27-9-15-35-73(61)88(77)79-37-19-31-69-83(79)90-81-39-17-11-29-67(81)85(69)68-30-12-18-40-82(68)91-84-70(85)32-20-38-80(84)89-74-36-16-10-28-62(74)66-52-56(44-48-78(66)89)54-42-46-76-64(50-54)60-26-8-14-34-72(60)87(76)58-23-5-2-6-24-58/h1-52H. The third-order valence-electron chi connectivity index (χ3n) is 19.7. The smallest absolute Gasteiger partial charge is 0.0746 e. The summed E-state index contributed by atoms with van der Waals surface area (Å²) in [4.78, 5) is 5.05. The normalized spacial score (nSPS) is 13.3. The second kappa shape index (κ2) is 19.5. The molecule has 20 rings (SSSR count). The summed E-state index contributed by atoms with van der Waals surface area (Å²) < 4.78 is 9.88. The number of aromatic nitrogens is 4. The van der Waals surface area contributed by atoms with E-state index in [2.05, 4.69) is 334 Å². The minimum Gasteiger partial charge on any atom is -0.309 e. The van der Waals surface area contributed by atoms with Crippen molar-refractivity contribution in [3.8, 4) is 45.0 Å². The summed E-state index contributed by atoms with van der Waals surface area (Å²) in [7, 11) is 0. The fraction of sp³-hybridized carbons (Fsp3) is 0.0118. The average molecular weight is 1190 g/mol. The maximum atomic E-state index is 2.55. The molecule has 6 heteroatoms. The lowest BCUT2D eigenvalue weighted by atomic mass is 9.64. The SMILES string of the molecule is c1ccc(-n2c3ccccc3c3cc(-c4ccc5c(c4)c4ccccc4n5-c4cccc5c4Sc4ccccc4C54c5ccccc5Sc5c(-n6c7ccccc7c7cc(-c8ccc9c(c8)c8ccccc8n9-c8ccccc8)ccc76)cccc54)ccc32)cc1. The topological polar surface area (TPSA) is 19.7 Å². The van der Waals surface area contributed by atoms with Gasteiger partial charge in [-0.1, -0.05) is 218 Å². The van der Waals surface area contributed by atoms with Crippen molar-refractivity contribution in [3.05, 3.63) is 338 Å². The lowest BCUT2D eigenvalue weighted by Gasteiger charge is -2.46. The highest BCUT2D eigenvalue weighted by Gasteiger charge is 2.50. The van der Waals surface area contributed by atoms with Crippen LogP contribution in [0.15, 0.2) is 335 Å². The number of para-hydroxylation sites is 6. The van der Waals surface area contributed by atoms with Crippen LogP contribution in [-0.2, 0) is 5.41 Å². The first-order valence-electron chi connectivity index (χ1n) is 31.2. The van der Waals surface area contributed by atoms with Gasteiger partial charge in [-0.3, -0.25) is 0 Å². The van der Waals surface area contributed by atoms with Crippen LogP contribution >= 0.6 is 23.5 Å². The van der Waals surface area contributed by atoms with Gasteiger partial charge in [-0.15, -0.1) is 0 Å². The number of nitrogens with zero attached hydrogens (tertiary/aromatic N) is 4. The number of rotatable bonds is 6. The number of hydrogen-bond donors (Lipinski definition) is 0. The first-order chi connectivity index (χ1) is 45.2. The molecule has 4 nitrogen and oxygen atoms in total. The van der Waals surface area contributed by atoms with Crippen molar-refractivity contribution in [1.82, 2.24) is 18.3 Å². The Hall–Kier alpha value is -11.0. The van der Waals surface area contributed by atoms with E-state index in [1.165, 1.54) is 163 Å². The summed E-state index contributed by atoms with van der Waals surface area (Å²) in [5, 5.41) is 9.92. The maximum absolute atomic E-state index is 2.55. The highest BCUT2D eigenvalue weighted by molar-refractivity contribution is 8.00. The quantitative estimate of drug-likeness (QED) is 0.165. The molecule has 0 fully saturated rings. The molecule has 0 bridgehead atoms. The van der Waals surface area contributed by atoms with E-state index in [0.29, 0.717) is 0 Å². The van der Waals surface area contributed by atoms with E-state index in [1.54, 1.807) is 0 Å². The molecule has 0 aliphatic carbocycles. The number of fused-ring (bicyclic) bond motifs is 20. The van der Waals surface area contributed by atoms with Crippen LogP contribution in [0.2, 0.25) is 0 Å². The Kier molecular flexibility index (Phi) is 10.9. The molecule has 14 aromatic carbocycles. The highest BCUT2D eigenvalue weighted by atomic mass is 32.2. The van der Waals surface area contributed by atoms with Crippen molar-refractivity contribution in [1.29, 1.82) is 0 Å². The molecule has 4 aromatic heterocycles. The Bertz CT molecular complexity index is 5730. The summed E-state index contributed by atoms with van der Waals surface area (Å²) >= 11 is 3.83. The third-order valence-corrected chi connectivity index (χ3v) is 22.1. The van der Waals surface area contributed by atoms with E-state index in [1.807, 2.05) is 23.5 Å². The van der Waals surface area contributed by atoms with Crippen LogP contribution in [0, 0.1) is 0 Å². The van der Waals surface area contributed by atoms with Gasteiger partial charge in [0.2, 0.25) is 0 Å². The summed E-state index contributed by atoms with van der Waals surface area (Å²) in [6.45, 7) is 0. The van der Waals surface area contributed by atoms with Gasteiger partial charge in [-0.05, 0) is 166 Å². The van der Waals surface area contributed by atoms with Gasteiger partial charge in [0, 0.05) is 74.0 Å². The lowest BCUT2D eigenvalue weighted by Crippen LogP contribution is -2.37. The Morgan fingerprint density at radius 2 is 0.495 bits per heavy atom. The fourth-order valence-corrected chi connectivity index (χ4v) is 18.5. The molecule has 2 aliphatic rings. The molecule has 18 aromatic rings. The molecule has 2 aliphatic heterocycles. The van der Waals surface area contributed by atoms with Crippen molar-refractivity contribution < 1.29 is 0 Å². The van der Waals surface area contributed by atoms with Crippen LogP contribution in [0.25, 0.3) is 132 Å². The molecule has 0 saturated carbocycles. The molecule has 1 spiro atoms. The van der Waals surface area contributed by atoms with E-state index in [9.17, 15) is 0 Å². The summed E-state index contributed by atoms with van der Waals surface area (Å²) in [6.07, 6.45) is 0. The van der Waals surface area contributed by atoms with E-state index in [0.717, 1.165) is 11.4 Å². The third kappa shape index (κ3) is 7.20. The van der Waals surface area contributed by atoms with Crippen LogP contribution in [-0.4, -0.2) is 18.3 Å². The molecule has 0 atom stereocenters. The summed E-state index contributed by atoms with van der Waals surface area (Å²) in [5.41, 5.74) is 23.6. The van der Waals surface area contributed by atoms with Crippen molar-refractivity contribution in [3.63, 3.8) is 0 Å². The van der Waals surface area contributed by atoms with Gasteiger partial charge in [0.1, 0.15) is 0 Å².